The summed E-state index contributed by atoms with van der Waals surface area (Å²) >= 11 is 0. The van der Waals surface area contributed by atoms with E-state index in [1.54, 1.807) is 38.1 Å². The van der Waals surface area contributed by atoms with Crippen molar-refractivity contribution in [3.8, 4) is 33.4 Å². The number of allylic oxidation sites excluding steroid dienone is 3. The van der Waals surface area contributed by atoms with Gasteiger partial charge in [0.25, 0.3) is 0 Å². The Morgan fingerprint density at radius 1 is 0.417 bits per heavy atom. The lowest BCUT2D eigenvalue weighted by atomic mass is 9.74. The fourth-order valence-corrected chi connectivity index (χ4v) is 6.92. The van der Waals surface area contributed by atoms with Gasteiger partial charge in [-0.3, -0.25) is 0 Å². The summed E-state index contributed by atoms with van der Waals surface area (Å²) in [4.78, 5) is 40.9. The number of benzene rings is 4. The Kier molecular flexibility index (Phi) is 9.55. The molecule has 0 heterocycles. The Morgan fingerprint density at radius 3 is 0.938 bits per heavy atom. The van der Waals surface area contributed by atoms with Crippen molar-refractivity contribution < 1.29 is 29.7 Å². The van der Waals surface area contributed by atoms with Crippen LogP contribution in [0, 0.1) is 41.5 Å². The van der Waals surface area contributed by atoms with Crippen molar-refractivity contribution in [2.75, 3.05) is 0 Å². The van der Waals surface area contributed by atoms with Gasteiger partial charge in [-0.1, -0.05) is 72.9 Å². The van der Waals surface area contributed by atoms with E-state index in [2.05, 4.69) is 19.7 Å². The maximum atomic E-state index is 13.8. The van der Waals surface area contributed by atoms with Gasteiger partial charge in [0, 0.05) is 16.7 Å². The molecule has 0 radical (unpaired) electrons. The number of aromatic carboxylic acids is 3. The quantitative estimate of drug-likeness (QED) is 0.167. The van der Waals surface area contributed by atoms with Crippen molar-refractivity contribution in [2.45, 2.75) is 62.3 Å². The third-order valence-electron chi connectivity index (χ3n) is 9.44. The minimum atomic E-state index is -1.57. The molecular weight excluding hydrogens is 600 g/mol. The first kappa shape index (κ1) is 35.4. The van der Waals surface area contributed by atoms with E-state index in [0.29, 0.717) is 44.5 Å². The number of rotatable bonds is 9. The minimum Gasteiger partial charge on any atom is -0.478 e. The molecule has 0 amide bonds. The van der Waals surface area contributed by atoms with E-state index < -0.39 is 29.0 Å². The van der Waals surface area contributed by atoms with Crippen LogP contribution in [0.25, 0.3) is 50.1 Å². The zero-order valence-corrected chi connectivity index (χ0v) is 29.2. The highest BCUT2D eigenvalue weighted by Gasteiger charge is 2.37. The first-order valence-corrected chi connectivity index (χ1v) is 15.6. The van der Waals surface area contributed by atoms with Crippen LogP contribution in [0.1, 0.15) is 102 Å². The third kappa shape index (κ3) is 5.68. The summed E-state index contributed by atoms with van der Waals surface area (Å²) in [5.74, 6) is -4.48. The number of hydrogen-bond donors (Lipinski definition) is 3. The van der Waals surface area contributed by atoms with Gasteiger partial charge in [-0.15, -0.1) is 0 Å². The monoisotopic (exact) mass is 642 g/mol. The van der Waals surface area contributed by atoms with Crippen LogP contribution < -0.4 is 0 Å². The van der Waals surface area contributed by atoms with Gasteiger partial charge in [0.05, 0.1) is 16.7 Å². The summed E-state index contributed by atoms with van der Waals surface area (Å²) in [6, 6.07) is 10.6. The first-order chi connectivity index (χ1) is 22.3. The lowest BCUT2D eigenvalue weighted by molar-refractivity contribution is 0.0651. The van der Waals surface area contributed by atoms with Crippen molar-refractivity contribution in [3.05, 3.63) is 123 Å². The topological polar surface area (TPSA) is 112 Å². The van der Waals surface area contributed by atoms with E-state index in [4.69, 9.17) is 0 Å². The standard InChI is InChI=1S/C42H42O6/c1-19(2)31-25(10)22(7)13-16-28(31)34-35(29-17-14-23(8)26(11)32(29)20(3)4)38(41(45)46)39(42(47)48)36(37(34)40(43)44)30-18-15-24(9)27(12)33(30)21(5)6/h13-18H,1,3,5H2,2,4,6-12H3,(H,43,44)(H,45,46)(H,47,48). The van der Waals surface area contributed by atoms with Crippen LogP contribution in [-0.2, 0) is 0 Å². The fourth-order valence-electron chi connectivity index (χ4n) is 6.92. The van der Waals surface area contributed by atoms with Crippen LogP contribution in [0.15, 0.2) is 56.1 Å². The Bertz CT molecular complexity index is 2140. The zero-order valence-electron chi connectivity index (χ0n) is 29.2. The van der Waals surface area contributed by atoms with Crippen LogP contribution in [0.5, 0.6) is 0 Å². The van der Waals surface area contributed by atoms with Crippen LogP contribution in [0.4, 0.5) is 0 Å². The highest BCUT2D eigenvalue weighted by atomic mass is 16.4. The van der Waals surface area contributed by atoms with Gasteiger partial charge < -0.3 is 15.3 Å². The van der Waals surface area contributed by atoms with E-state index in [0.717, 1.165) is 33.4 Å². The SMILES string of the molecule is C=C(C)c1c(-c2c(C(=O)O)c(C(=O)O)c(-c3ccc(C)c(C)c3C(=C)C)c(-c3ccc(C)c(C)c3C(=C)C)c2C(=O)O)ccc(C)c1C. The average molecular weight is 643 g/mol. The predicted octanol–water partition coefficient (Wildman–Crippen LogP) is 10.7. The number of carboxylic acid groups (broad SMARTS) is 3. The molecule has 0 aliphatic heterocycles. The molecule has 0 atom stereocenters. The molecule has 4 aromatic carbocycles. The average Bonchev–Trinajstić information content (AvgIpc) is 2.98. The van der Waals surface area contributed by atoms with Gasteiger partial charge in [0.15, 0.2) is 0 Å². The van der Waals surface area contributed by atoms with E-state index in [9.17, 15) is 29.7 Å². The van der Waals surface area contributed by atoms with Gasteiger partial charge in [-0.2, -0.15) is 0 Å². The number of carboxylic acids is 3. The van der Waals surface area contributed by atoms with Crippen molar-refractivity contribution in [1.29, 1.82) is 0 Å². The Morgan fingerprint density at radius 2 is 0.667 bits per heavy atom. The van der Waals surface area contributed by atoms with Crippen molar-refractivity contribution in [3.63, 3.8) is 0 Å². The van der Waals surface area contributed by atoms with Crippen molar-refractivity contribution >= 4 is 34.6 Å². The molecular formula is C42H42O6. The first-order valence-electron chi connectivity index (χ1n) is 15.6. The fraction of sp³-hybridized carbons (Fsp3) is 0.214. The summed E-state index contributed by atoms with van der Waals surface area (Å²) in [7, 11) is 0. The lowest BCUT2D eigenvalue weighted by Crippen LogP contribution is -2.19. The molecule has 6 nitrogen and oxygen atoms in total. The third-order valence-corrected chi connectivity index (χ3v) is 9.44. The normalized spacial score (nSPS) is 10.9. The molecule has 4 rings (SSSR count). The highest BCUT2D eigenvalue weighted by Crippen LogP contribution is 2.51. The largest absolute Gasteiger partial charge is 0.478 e. The van der Waals surface area contributed by atoms with Gasteiger partial charge in [0.1, 0.15) is 0 Å². The van der Waals surface area contributed by atoms with Crippen molar-refractivity contribution in [2.24, 2.45) is 0 Å². The molecule has 48 heavy (non-hydrogen) atoms. The summed E-state index contributed by atoms with van der Waals surface area (Å²) in [6.07, 6.45) is 0. The molecule has 0 saturated heterocycles. The molecule has 0 fully saturated rings. The number of aryl methyl sites for hydroxylation is 3. The summed E-state index contributed by atoms with van der Waals surface area (Å²) in [5.41, 5.74) is 8.38. The molecule has 0 bridgehead atoms. The maximum absolute atomic E-state index is 13.8. The molecule has 246 valence electrons. The smallest absolute Gasteiger partial charge is 0.337 e. The highest BCUT2D eigenvalue weighted by molar-refractivity contribution is 6.21. The van der Waals surface area contributed by atoms with Crippen LogP contribution in [-0.4, -0.2) is 33.2 Å². The lowest BCUT2D eigenvalue weighted by Gasteiger charge is -2.28. The Balaban J connectivity index is 2.60. The van der Waals surface area contributed by atoms with Crippen LogP contribution in [0.2, 0.25) is 0 Å². The van der Waals surface area contributed by atoms with Crippen molar-refractivity contribution in [1.82, 2.24) is 0 Å². The second kappa shape index (κ2) is 13.0. The number of hydrogen-bond acceptors (Lipinski definition) is 3. The summed E-state index contributed by atoms with van der Waals surface area (Å²) in [6.45, 7) is 29.3. The Labute approximate surface area is 282 Å². The maximum Gasteiger partial charge on any atom is 0.337 e. The molecule has 4 aromatic rings. The zero-order chi connectivity index (χ0) is 36.1. The van der Waals surface area contributed by atoms with E-state index in [-0.39, 0.29) is 27.8 Å². The molecule has 6 heteroatoms. The predicted molar refractivity (Wildman–Crippen MR) is 196 cm³/mol. The molecule has 0 spiro atoms. The van der Waals surface area contributed by atoms with Gasteiger partial charge in [-0.25, -0.2) is 14.4 Å². The molecule has 0 aliphatic rings. The van der Waals surface area contributed by atoms with Gasteiger partial charge >= 0.3 is 17.9 Å². The second-order valence-electron chi connectivity index (χ2n) is 12.8. The summed E-state index contributed by atoms with van der Waals surface area (Å²) in [5, 5.41) is 33.3. The number of carbonyl (C=O) groups is 3. The second-order valence-corrected chi connectivity index (χ2v) is 12.8. The van der Waals surface area contributed by atoms with E-state index in [1.165, 1.54) is 0 Å². The van der Waals surface area contributed by atoms with Crippen LogP contribution >= 0.6 is 0 Å². The molecule has 0 unspecified atom stereocenters. The van der Waals surface area contributed by atoms with Gasteiger partial charge in [0.2, 0.25) is 0 Å². The molecule has 0 saturated carbocycles. The van der Waals surface area contributed by atoms with Crippen LogP contribution in [0.3, 0.4) is 0 Å². The van der Waals surface area contributed by atoms with Gasteiger partial charge in [-0.05, 0) is 129 Å². The molecule has 3 N–H and O–H groups in total. The molecule has 0 aromatic heterocycles. The van der Waals surface area contributed by atoms with E-state index in [1.807, 2.05) is 60.6 Å². The Hall–Kier alpha value is -5.49. The van der Waals surface area contributed by atoms with E-state index >= 15 is 0 Å². The molecule has 0 aliphatic carbocycles. The minimum absolute atomic E-state index is 0.00592. The summed E-state index contributed by atoms with van der Waals surface area (Å²) < 4.78 is 0.